The number of hydrogen-bond acceptors (Lipinski definition) is 5. The third-order valence-corrected chi connectivity index (χ3v) is 3.71. The van der Waals surface area contributed by atoms with E-state index in [1.54, 1.807) is 12.3 Å². The molecule has 0 aliphatic carbocycles. The van der Waals surface area contributed by atoms with Crippen molar-refractivity contribution in [1.29, 1.82) is 0 Å². The van der Waals surface area contributed by atoms with E-state index in [-0.39, 0.29) is 17.8 Å². The molecule has 0 spiro atoms. The van der Waals surface area contributed by atoms with Crippen molar-refractivity contribution in [2.45, 2.75) is 52.5 Å². The van der Waals surface area contributed by atoms with E-state index >= 15 is 0 Å². The number of hydrogen-bond donors (Lipinski definition) is 1. The molecule has 0 radical (unpaired) electrons. The van der Waals surface area contributed by atoms with Crippen LogP contribution in [0.4, 0.5) is 0 Å². The van der Waals surface area contributed by atoms with Crippen LogP contribution in [0, 0.1) is 6.92 Å². The van der Waals surface area contributed by atoms with Gasteiger partial charge in [0.2, 0.25) is 11.8 Å². The molecule has 0 atom stereocenters. The summed E-state index contributed by atoms with van der Waals surface area (Å²) in [5.41, 5.74) is 0.776. The predicted molar refractivity (Wildman–Crippen MR) is 89.7 cm³/mol. The molecule has 0 fully saturated rings. The largest absolute Gasteiger partial charge is 0.356 e. The summed E-state index contributed by atoms with van der Waals surface area (Å²) in [5.74, 6) is 0.681. The summed E-state index contributed by atoms with van der Waals surface area (Å²) in [6.07, 6.45) is 6.28. The second-order valence-electron chi connectivity index (χ2n) is 5.82. The van der Waals surface area contributed by atoms with Crippen LogP contribution in [0.15, 0.2) is 27.6 Å². The van der Waals surface area contributed by atoms with Crippen molar-refractivity contribution in [1.82, 2.24) is 20.0 Å². The molecule has 0 aromatic carbocycles. The van der Waals surface area contributed by atoms with Gasteiger partial charge in [0.05, 0.1) is 6.42 Å². The molecule has 1 N–H and O–H groups in total. The summed E-state index contributed by atoms with van der Waals surface area (Å²) in [5, 5.41) is 6.70. The molecule has 130 valence electrons. The molecule has 2 aromatic heterocycles. The Morgan fingerprint density at radius 2 is 2.17 bits per heavy atom. The highest BCUT2D eigenvalue weighted by molar-refractivity contribution is 5.77. The minimum Gasteiger partial charge on any atom is -0.356 e. The Hall–Kier alpha value is -2.44. The van der Waals surface area contributed by atoms with Gasteiger partial charge in [0, 0.05) is 30.6 Å². The molecular weight excluding hydrogens is 308 g/mol. The van der Waals surface area contributed by atoms with Crippen LogP contribution in [0.2, 0.25) is 0 Å². The molecule has 7 nitrogen and oxygen atoms in total. The highest BCUT2D eigenvalue weighted by Crippen LogP contribution is 2.04. The lowest BCUT2D eigenvalue weighted by Crippen LogP contribution is -2.26. The smallest absolute Gasteiger partial charge is 0.246 e. The normalized spacial score (nSPS) is 10.8. The molecule has 1 amide bonds. The maximum atomic E-state index is 11.8. The fourth-order valence-electron chi connectivity index (χ4n) is 2.35. The number of pyridine rings is 1. The van der Waals surface area contributed by atoms with Crippen LogP contribution in [0.5, 0.6) is 0 Å². The summed E-state index contributed by atoms with van der Waals surface area (Å²) in [7, 11) is 0. The number of nitrogens with one attached hydrogen (secondary N) is 1. The lowest BCUT2D eigenvalue weighted by Gasteiger charge is -2.06. The Morgan fingerprint density at radius 1 is 1.33 bits per heavy atom. The lowest BCUT2D eigenvalue weighted by molar-refractivity contribution is -0.120. The number of carbonyl (C=O) groups is 1. The standard InChI is InChI=1S/C17H24N4O3/c1-3-4-5-6-8-18-16(23)11-15-19-17(24-20-15)12-21-9-7-14(22)10-13(21)2/h7,9-10H,3-6,8,11-12H2,1-2H3,(H,18,23). The monoisotopic (exact) mass is 332 g/mol. The average molecular weight is 332 g/mol. The van der Waals surface area contributed by atoms with Crippen LogP contribution in [-0.4, -0.2) is 27.2 Å². The molecule has 2 heterocycles. The number of amides is 1. The van der Waals surface area contributed by atoms with E-state index in [4.69, 9.17) is 4.52 Å². The summed E-state index contributed by atoms with van der Waals surface area (Å²) in [4.78, 5) is 27.3. The third kappa shape index (κ3) is 5.64. The average Bonchev–Trinajstić information content (AvgIpc) is 2.97. The maximum absolute atomic E-state index is 11.8. The zero-order chi connectivity index (χ0) is 17.4. The van der Waals surface area contributed by atoms with Crippen molar-refractivity contribution in [2.75, 3.05) is 6.54 Å². The Bertz CT molecular complexity index is 721. The van der Waals surface area contributed by atoms with Gasteiger partial charge in [0.1, 0.15) is 6.54 Å². The molecule has 0 unspecified atom stereocenters. The first-order valence-corrected chi connectivity index (χ1v) is 8.33. The number of aryl methyl sites for hydroxylation is 1. The first kappa shape index (κ1) is 17.9. The van der Waals surface area contributed by atoms with E-state index < -0.39 is 0 Å². The van der Waals surface area contributed by atoms with E-state index in [0.29, 0.717) is 24.8 Å². The molecule has 0 saturated heterocycles. The highest BCUT2D eigenvalue weighted by atomic mass is 16.5. The van der Waals surface area contributed by atoms with Crippen molar-refractivity contribution < 1.29 is 9.32 Å². The van der Waals surface area contributed by atoms with Gasteiger partial charge in [-0.05, 0) is 13.3 Å². The van der Waals surface area contributed by atoms with Crippen LogP contribution < -0.4 is 10.7 Å². The minimum absolute atomic E-state index is 0.0365. The summed E-state index contributed by atoms with van der Waals surface area (Å²) < 4.78 is 7.01. The van der Waals surface area contributed by atoms with Crippen LogP contribution in [0.25, 0.3) is 0 Å². The minimum atomic E-state index is -0.0987. The van der Waals surface area contributed by atoms with Gasteiger partial charge in [0.15, 0.2) is 11.3 Å². The fraction of sp³-hybridized carbons (Fsp3) is 0.529. The Labute approximate surface area is 141 Å². The number of aromatic nitrogens is 3. The predicted octanol–water partition coefficient (Wildman–Crippen LogP) is 1.83. The van der Waals surface area contributed by atoms with Gasteiger partial charge in [-0.1, -0.05) is 31.3 Å². The van der Waals surface area contributed by atoms with Crippen LogP contribution in [-0.2, 0) is 17.8 Å². The molecular formula is C17H24N4O3. The van der Waals surface area contributed by atoms with Gasteiger partial charge in [0.25, 0.3) is 0 Å². The summed E-state index contributed by atoms with van der Waals surface area (Å²) in [6.45, 7) is 5.05. The van der Waals surface area contributed by atoms with Crippen molar-refractivity contribution in [2.24, 2.45) is 0 Å². The molecule has 7 heteroatoms. The number of unbranched alkanes of at least 4 members (excludes halogenated alkanes) is 3. The van der Waals surface area contributed by atoms with Gasteiger partial charge in [-0.3, -0.25) is 9.59 Å². The summed E-state index contributed by atoms with van der Waals surface area (Å²) >= 11 is 0. The topological polar surface area (TPSA) is 90.0 Å². The van der Waals surface area contributed by atoms with Gasteiger partial charge in [-0.25, -0.2) is 0 Å². The highest BCUT2D eigenvalue weighted by Gasteiger charge is 2.11. The van der Waals surface area contributed by atoms with Crippen LogP contribution in [0.1, 0.15) is 50.0 Å². The molecule has 24 heavy (non-hydrogen) atoms. The molecule has 2 rings (SSSR count). The zero-order valence-electron chi connectivity index (χ0n) is 14.2. The van der Waals surface area contributed by atoms with E-state index in [0.717, 1.165) is 18.5 Å². The van der Waals surface area contributed by atoms with Gasteiger partial charge in [-0.2, -0.15) is 4.98 Å². The Morgan fingerprint density at radius 3 is 2.92 bits per heavy atom. The van der Waals surface area contributed by atoms with Crippen LogP contribution in [0.3, 0.4) is 0 Å². The summed E-state index contributed by atoms with van der Waals surface area (Å²) in [6, 6.07) is 3.03. The fourth-order valence-corrected chi connectivity index (χ4v) is 2.35. The van der Waals surface area contributed by atoms with E-state index in [2.05, 4.69) is 22.4 Å². The van der Waals surface area contributed by atoms with Crippen molar-refractivity contribution in [3.8, 4) is 0 Å². The second kappa shape index (κ2) is 9.00. The number of rotatable bonds is 9. The lowest BCUT2D eigenvalue weighted by atomic mass is 10.2. The molecule has 0 aliphatic heterocycles. The quantitative estimate of drug-likeness (QED) is 0.708. The first-order valence-electron chi connectivity index (χ1n) is 8.33. The van der Waals surface area contributed by atoms with Crippen LogP contribution >= 0.6 is 0 Å². The van der Waals surface area contributed by atoms with Crippen molar-refractivity contribution in [3.05, 3.63) is 46.0 Å². The van der Waals surface area contributed by atoms with Crippen molar-refractivity contribution in [3.63, 3.8) is 0 Å². The van der Waals surface area contributed by atoms with Gasteiger partial charge < -0.3 is 14.4 Å². The molecule has 0 saturated carbocycles. The van der Waals surface area contributed by atoms with E-state index in [1.807, 2.05) is 11.5 Å². The zero-order valence-corrected chi connectivity index (χ0v) is 14.2. The molecule has 2 aromatic rings. The second-order valence-corrected chi connectivity index (χ2v) is 5.82. The third-order valence-electron chi connectivity index (χ3n) is 3.71. The Balaban J connectivity index is 1.82. The van der Waals surface area contributed by atoms with E-state index in [1.165, 1.54) is 18.9 Å². The number of carbonyl (C=O) groups excluding carboxylic acids is 1. The molecule has 0 bridgehead atoms. The SMILES string of the molecule is CCCCCCNC(=O)Cc1noc(Cn2ccc(=O)cc2C)n1. The van der Waals surface area contributed by atoms with Gasteiger partial charge in [-0.15, -0.1) is 0 Å². The molecule has 0 aliphatic rings. The number of nitrogens with zero attached hydrogens (tertiary/aromatic N) is 3. The van der Waals surface area contributed by atoms with Crippen molar-refractivity contribution >= 4 is 5.91 Å². The van der Waals surface area contributed by atoms with E-state index in [9.17, 15) is 9.59 Å². The Kier molecular flexibility index (Phi) is 6.72. The maximum Gasteiger partial charge on any atom is 0.246 e. The van der Waals surface area contributed by atoms with Gasteiger partial charge >= 0.3 is 0 Å². The first-order chi connectivity index (χ1) is 11.6.